The monoisotopic (exact) mass is 448 g/mol. The average Bonchev–Trinajstić information content (AvgIpc) is 3.37. The summed E-state index contributed by atoms with van der Waals surface area (Å²) in [5, 5.41) is 7.29. The van der Waals surface area contributed by atoms with Crippen LogP contribution in [-0.4, -0.2) is 61.3 Å². The zero-order chi connectivity index (χ0) is 23.4. The lowest BCUT2D eigenvalue weighted by atomic mass is 9.93. The van der Waals surface area contributed by atoms with Crippen molar-refractivity contribution in [3.8, 4) is 11.5 Å². The van der Waals surface area contributed by atoms with Gasteiger partial charge in [0.25, 0.3) is 11.8 Å². The minimum Gasteiger partial charge on any atom is -0.493 e. The average molecular weight is 449 g/mol. The van der Waals surface area contributed by atoms with Crippen LogP contribution in [0, 0.1) is 0 Å². The Kier molecular flexibility index (Phi) is 6.63. The summed E-state index contributed by atoms with van der Waals surface area (Å²) in [4.78, 5) is 29.4. The van der Waals surface area contributed by atoms with E-state index in [1.807, 2.05) is 41.3 Å². The fourth-order valence-electron chi connectivity index (χ4n) is 4.22. The maximum Gasteiger partial charge on any atom is 0.278 e. The molecule has 1 aliphatic heterocycles. The predicted octanol–water partition coefficient (Wildman–Crippen LogP) is 3.72. The Hall–Kier alpha value is -3.81. The summed E-state index contributed by atoms with van der Waals surface area (Å²) >= 11 is 0. The van der Waals surface area contributed by atoms with Gasteiger partial charge in [-0.25, -0.2) is 0 Å². The highest BCUT2D eigenvalue weighted by atomic mass is 16.5. The molecular formula is C25H28N4O4. The normalized spacial score (nSPS) is 14.1. The number of carbonyl (C=O) groups excluding carboxylic acids is 2. The van der Waals surface area contributed by atoms with E-state index in [1.54, 1.807) is 37.3 Å². The first-order valence-corrected chi connectivity index (χ1v) is 10.9. The Morgan fingerprint density at radius 1 is 1.03 bits per heavy atom. The van der Waals surface area contributed by atoms with E-state index in [0.29, 0.717) is 35.8 Å². The van der Waals surface area contributed by atoms with Crippen molar-refractivity contribution in [3.05, 3.63) is 71.5 Å². The molecule has 0 saturated carbocycles. The van der Waals surface area contributed by atoms with E-state index in [2.05, 4.69) is 10.2 Å². The molecule has 33 heavy (non-hydrogen) atoms. The van der Waals surface area contributed by atoms with Gasteiger partial charge in [-0.3, -0.25) is 14.7 Å². The number of nitrogens with zero attached hydrogens (tertiary/aromatic N) is 3. The lowest BCUT2D eigenvalue weighted by Crippen LogP contribution is -2.38. The third kappa shape index (κ3) is 4.55. The van der Waals surface area contributed by atoms with Crippen LogP contribution >= 0.6 is 0 Å². The van der Waals surface area contributed by atoms with Gasteiger partial charge in [-0.1, -0.05) is 24.3 Å². The van der Waals surface area contributed by atoms with Gasteiger partial charge in [0.2, 0.25) is 0 Å². The van der Waals surface area contributed by atoms with Crippen LogP contribution in [0.5, 0.6) is 11.5 Å². The van der Waals surface area contributed by atoms with Gasteiger partial charge in [-0.2, -0.15) is 5.10 Å². The molecule has 0 unspecified atom stereocenters. The minimum atomic E-state index is -0.165. The summed E-state index contributed by atoms with van der Waals surface area (Å²) in [7, 11) is 4.83. The number of likely N-dealkylation sites (tertiary alicyclic amines) is 1. The Morgan fingerprint density at radius 2 is 1.76 bits per heavy atom. The zero-order valence-corrected chi connectivity index (χ0v) is 19.1. The molecule has 4 rings (SSSR count). The van der Waals surface area contributed by atoms with Gasteiger partial charge >= 0.3 is 0 Å². The number of hydrogen-bond donors (Lipinski definition) is 1. The Bertz CT molecular complexity index is 1120. The van der Waals surface area contributed by atoms with E-state index < -0.39 is 0 Å². The van der Waals surface area contributed by atoms with Gasteiger partial charge in [0, 0.05) is 37.4 Å². The number of ether oxygens (including phenoxy) is 2. The highest BCUT2D eigenvalue weighted by Gasteiger charge is 2.29. The molecule has 8 nitrogen and oxygen atoms in total. The van der Waals surface area contributed by atoms with Crippen LogP contribution in [0.3, 0.4) is 0 Å². The predicted molar refractivity (Wildman–Crippen MR) is 125 cm³/mol. The summed E-state index contributed by atoms with van der Waals surface area (Å²) < 4.78 is 10.7. The third-order valence-electron chi connectivity index (χ3n) is 6.12. The van der Waals surface area contributed by atoms with Crippen LogP contribution in [0.1, 0.15) is 45.3 Å². The molecule has 2 aromatic carbocycles. The van der Waals surface area contributed by atoms with Crippen molar-refractivity contribution in [3.63, 3.8) is 0 Å². The van der Waals surface area contributed by atoms with Gasteiger partial charge in [-0.05, 0) is 43.2 Å². The largest absolute Gasteiger partial charge is 0.493 e. The van der Waals surface area contributed by atoms with Crippen molar-refractivity contribution in [2.75, 3.05) is 39.3 Å². The topological polar surface area (TPSA) is 87.8 Å². The Labute approximate surface area is 193 Å². The van der Waals surface area contributed by atoms with E-state index >= 15 is 0 Å². The summed E-state index contributed by atoms with van der Waals surface area (Å²) in [5.41, 5.74) is 2.61. The van der Waals surface area contributed by atoms with Gasteiger partial charge in [0.15, 0.2) is 17.2 Å². The van der Waals surface area contributed by atoms with Gasteiger partial charge in [-0.15, -0.1) is 0 Å². The molecule has 8 heteroatoms. The van der Waals surface area contributed by atoms with Crippen LogP contribution in [0.2, 0.25) is 0 Å². The quantitative estimate of drug-likeness (QED) is 0.621. The highest BCUT2D eigenvalue weighted by molar-refractivity contribution is 6.04. The fourth-order valence-corrected chi connectivity index (χ4v) is 4.22. The number of methoxy groups -OCH3 is 2. The smallest absolute Gasteiger partial charge is 0.278 e. The maximum absolute atomic E-state index is 13.1. The lowest BCUT2D eigenvalue weighted by Gasteiger charge is -2.32. The van der Waals surface area contributed by atoms with Crippen molar-refractivity contribution in [1.29, 1.82) is 0 Å². The second kappa shape index (κ2) is 9.77. The summed E-state index contributed by atoms with van der Waals surface area (Å²) in [6, 6.07) is 16.6. The van der Waals surface area contributed by atoms with Crippen LogP contribution < -0.4 is 14.4 Å². The SMILES string of the molecule is COc1cccc(C(=O)N2CCC(c3cc(C(=O)N(C)c4ccccc4)n[nH]3)CC2)c1OC. The molecule has 1 saturated heterocycles. The number of nitrogens with one attached hydrogen (secondary N) is 1. The van der Waals surface area contributed by atoms with Crippen molar-refractivity contribution in [1.82, 2.24) is 15.1 Å². The van der Waals surface area contributed by atoms with Gasteiger partial charge in [0.1, 0.15) is 0 Å². The molecule has 2 heterocycles. The van der Waals surface area contributed by atoms with Crippen molar-refractivity contribution in [2.45, 2.75) is 18.8 Å². The molecule has 0 aliphatic carbocycles. The van der Waals surface area contributed by atoms with Gasteiger partial charge < -0.3 is 19.3 Å². The summed E-state index contributed by atoms with van der Waals surface area (Å²) in [6.07, 6.45) is 1.56. The number of aromatic amines is 1. The van der Waals surface area contributed by atoms with Crippen LogP contribution in [0.15, 0.2) is 54.6 Å². The van der Waals surface area contributed by atoms with Crippen molar-refractivity contribution >= 4 is 17.5 Å². The number of carbonyl (C=O) groups is 2. The first-order chi connectivity index (χ1) is 16.0. The third-order valence-corrected chi connectivity index (χ3v) is 6.12. The van der Waals surface area contributed by atoms with E-state index in [4.69, 9.17) is 9.47 Å². The first-order valence-electron chi connectivity index (χ1n) is 10.9. The molecule has 2 amide bonds. The van der Waals surface area contributed by atoms with Crippen molar-refractivity contribution < 1.29 is 19.1 Å². The number of piperidine rings is 1. The number of aromatic nitrogens is 2. The molecule has 172 valence electrons. The molecule has 1 fully saturated rings. The molecule has 0 bridgehead atoms. The van der Waals surface area contributed by atoms with E-state index in [0.717, 1.165) is 24.2 Å². The lowest BCUT2D eigenvalue weighted by molar-refractivity contribution is 0.0708. The molecule has 1 aromatic heterocycles. The molecule has 3 aromatic rings. The number of amides is 2. The van der Waals surface area contributed by atoms with Crippen LogP contribution in [0.4, 0.5) is 5.69 Å². The minimum absolute atomic E-state index is 0.0748. The zero-order valence-electron chi connectivity index (χ0n) is 19.1. The second-order valence-electron chi connectivity index (χ2n) is 8.02. The van der Waals surface area contributed by atoms with Crippen LogP contribution in [-0.2, 0) is 0 Å². The second-order valence-corrected chi connectivity index (χ2v) is 8.02. The summed E-state index contributed by atoms with van der Waals surface area (Å²) in [6.45, 7) is 1.21. The van der Waals surface area contributed by atoms with Gasteiger partial charge in [0.05, 0.1) is 19.8 Å². The fraction of sp³-hybridized carbons (Fsp3) is 0.320. The maximum atomic E-state index is 13.1. The highest BCUT2D eigenvalue weighted by Crippen LogP contribution is 2.33. The standard InChI is InChI=1S/C25H28N4O4/c1-28(18-8-5-4-6-9-18)25(31)21-16-20(26-27-21)17-12-14-29(15-13-17)24(30)19-10-7-11-22(32-2)23(19)33-3/h4-11,16-17H,12-15H2,1-3H3,(H,26,27). The number of rotatable bonds is 6. The molecular weight excluding hydrogens is 420 g/mol. The molecule has 0 radical (unpaired) electrons. The van der Waals surface area contributed by atoms with Crippen LogP contribution in [0.25, 0.3) is 0 Å². The van der Waals surface area contributed by atoms with E-state index in [-0.39, 0.29) is 17.7 Å². The van der Waals surface area contributed by atoms with Crippen molar-refractivity contribution in [2.24, 2.45) is 0 Å². The Morgan fingerprint density at radius 3 is 2.42 bits per heavy atom. The van der Waals surface area contributed by atoms with E-state index in [1.165, 1.54) is 7.11 Å². The number of H-pyrrole nitrogens is 1. The molecule has 1 aliphatic rings. The number of hydrogen-bond acceptors (Lipinski definition) is 5. The molecule has 0 atom stereocenters. The molecule has 1 N–H and O–H groups in total. The Balaban J connectivity index is 1.40. The number of benzene rings is 2. The number of para-hydroxylation sites is 2. The number of anilines is 1. The first kappa shape index (κ1) is 22.4. The molecule has 0 spiro atoms. The van der Waals surface area contributed by atoms with E-state index in [9.17, 15) is 9.59 Å². The summed E-state index contributed by atoms with van der Waals surface area (Å²) in [5.74, 6) is 0.952.